The van der Waals surface area contributed by atoms with Gasteiger partial charge in [-0.3, -0.25) is 0 Å². The van der Waals surface area contributed by atoms with Crippen molar-refractivity contribution in [1.82, 2.24) is 25.8 Å². The highest BCUT2D eigenvalue weighted by atomic mass is 32.1. The first-order valence-corrected chi connectivity index (χ1v) is 8.34. The van der Waals surface area contributed by atoms with Crippen LogP contribution in [0.3, 0.4) is 0 Å². The summed E-state index contributed by atoms with van der Waals surface area (Å²) in [5.41, 5.74) is 0.880. The van der Waals surface area contributed by atoms with Crippen LogP contribution in [0.5, 0.6) is 0 Å². The van der Waals surface area contributed by atoms with Crippen LogP contribution in [0.25, 0.3) is 0 Å². The molecule has 3 rings (SSSR count). The Morgan fingerprint density at radius 1 is 1.50 bits per heavy atom. The van der Waals surface area contributed by atoms with Crippen LogP contribution in [0.15, 0.2) is 9.90 Å². The van der Waals surface area contributed by atoms with Gasteiger partial charge in [-0.15, -0.1) is 11.3 Å². The molecule has 2 aromatic rings. The number of carbonyl (C=O) groups is 1. The molecule has 1 aliphatic carbocycles. The van der Waals surface area contributed by atoms with E-state index in [1.54, 1.807) is 11.3 Å². The minimum atomic E-state index is -0.273. The zero-order chi connectivity index (χ0) is 15.5. The minimum Gasteiger partial charge on any atom is -0.337 e. The fourth-order valence-electron chi connectivity index (χ4n) is 2.01. The van der Waals surface area contributed by atoms with Crippen LogP contribution in [0.2, 0.25) is 0 Å². The first-order valence-electron chi connectivity index (χ1n) is 7.46. The maximum Gasteiger partial charge on any atom is 0.315 e. The molecule has 1 aliphatic rings. The van der Waals surface area contributed by atoms with E-state index in [2.05, 4.69) is 32.7 Å². The summed E-state index contributed by atoms with van der Waals surface area (Å²) in [5, 5.41) is 12.5. The summed E-state index contributed by atoms with van der Waals surface area (Å²) >= 11 is 1.61. The van der Waals surface area contributed by atoms with Crippen molar-refractivity contribution < 1.29 is 9.32 Å². The average Bonchev–Trinajstić information content (AvgIpc) is 3.07. The van der Waals surface area contributed by atoms with Crippen molar-refractivity contribution in [2.75, 3.05) is 0 Å². The molecule has 2 heterocycles. The van der Waals surface area contributed by atoms with Gasteiger partial charge < -0.3 is 15.2 Å². The SMILES string of the molecule is CCc1nc(C(C)NC(=O)NCc2nc(C3CC3)no2)cs1. The van der Waals surface area contributed by atoms with E-state index in [-0.39, 0.29) is 18.6 Å². The Bertz CT molecular complexity index is 649. The number of hydrogen-bond donors (Lipinski definition) is 2. The van der Waals surface area contributed by atoms with Crippen molar-refractivity contribution in [2.24, 2.45) is 0 Å². The molecule has 1 fully saturated rings. The van der Waals surface area contributed by atoms with Crippen LogP contribution in [0, 0.1) is 0 Å². The van der Waals surface area contributed by atoms with Crippen LogP contribution in [0.4, 0.5) is 4.79 Å². The number of aryl methyl sites for hydroxylation is 1. The topological polar surface area (TPSA) is 92.9 Å². The molecule has 0 aliphatic heterocycles. The van der Waals surface area contributed by atoms with E-state index in [9.17, 15) is 4.79 Å². The van der Waals surface area contributed by atoms with Crippen LogP contribution < -0.4 is 10.6 Å². The number of nitrogens with one attached hydrogen (secondary N) is 2. The normalized spacial score (nSPS) is 15.5. The maximum absolute atomic E-state index is 11.9. The number of hydrogen-bond acceptors (Lipinski definition) is 6. The molecule has 2 aromatic heterocycles. The van der Waals surface area contributed by atoms with Crippen LogP contribution in [-0.4, -0.2) is 21.2 Å². The van der Waals surface area contributed by atoms with Gasteiger partial charge in [0.2, 0.25) is 5.89 Å². The van der Waals surface area contributed by atoms with E-state index in [1.807, 2.05) is 12.3 Å². The average molecular weight is 321 g/mol. The van der Waals surface area contributed by atoms with Crippen molar-refractivity contribution >= 4 is 17.4 Å². The second-order valence-corrected chi connectivity index (χ2v) is 6.33. The van der Waals surface area contributed by atoms with Gasteiger partial charge in [0.15, 0.2) is 5.82 Å². The van der Waals surface area contributed by atoms with Crippen LogP contribution in [0.1, 0.15) is 61.1 Å². The molecule has 0 radical (unpaired) electrons. The lowest BCUT2D eigenvalue weighted by atomic mass is 10.3. The quantitative estimate of drug-likeness (QED) is 0.853. The highest BCUT2D eigenvalue weighted by Crippen LogP contribution is 2.38. The van der Waals surface area contributed by atoms with Crippen molar-refractivity contribution in [3.63, 3.8) is 0 Å². The molecule has 1 saturated carbocycles. The highest BCUT2D eigenvalue weighted by Gasteiger charge is 2.28. The second-order valence-electron chi connectivity index (χ2n) is 5.39. The van der Waals surface area contributed by atoms with Crippen molar-refractivity contribution in [2.45, 2.75) is 51.6 Å². The summed E-state index contributed by atoms with van der Waals surface area (Å²) < 4.78 is 5.11. The standard InChI is InChI=1S/C14H19N5O2S/c1-3-12-17-10(7-22-12)8(2)16-14(20)15-6-11-18-13(19-21-11)9-4-5-9/h7-9H,3-6H2,1-2H3,(H2,15,16,20). The molecule has 2 N–H and O–H groups in total. The van der Waals surface area contributed by atoms with Gasteiger partial charge in [-0.05, 0) is 26.2 Å². The lowest BCUT2D eigenvalue weighted by Gasteiger charge is -2.11. The lowest BCUT2D eigenvalue weighted by Crippen LogP contribution is -2.36. The summed E-state index contributed by atoms with van der Waals surface area (Å²) in [5.74, 6) is 1.63. The molecule has 8 heteroatoms. The van der Waals surface area contributed by atoms with E-state index in [0.717, 1.165) is 35.8 Å². The Kier molecular flexibility index (Phi) is 4.37. The number of thiazole rings is 1. The Morgan fingerprint density at radius 3 is 3.00 bits per heavy atom. The van der Waals surface area contributed by atoms with Crippen molar-refractivity contribution in [3.8, 4) is 0 Å². The van der Waals surface area contributed by atoms with Crippen molar-refractivity contribution in [1.29, 1.82) is 0 Å². The van der Waals surface area contributed by atoms with Crippen LogP contribution >= 0.6 is 11.3 Å². The van der Waals surface area contributed by atoms with Gasteiger partial charge in [0.25, 0.3) is 0 Å². The number of carbonyl (C=O) groups excluding carboxylic acids is 1. The van der Waals surface area contributed by atoms with Gasteiger partial charge in [0.1, 0.15) is 0 Å². The summed E-state index contributed by atoms with van der Waals surface area (Å²) in [6, 6.07) is -0.411. The number of rotatable bonds is 6. The molecule has 118 valence electrons. The molecule has 2 amide bonds. The predicted octanol–water partition coefficient (Wildman–Crippen LogP) is 2.53. The molecule has 0 bridgehead atoms. The van der Waals surface area contributed by atoms with E-state index in [4.69, 9.17) is 4.52 Å². The van der Waals surface area contributed by atoms with Crippen molar-refractivity contribution in [3.05, 3.63) is 27.8 Å². The summed E-state index contributed by atoms with van der Waals surface area (Å²) in [7, 11) is 0. The third kappa shape index (κ3) is 3.62. The number of aromatic nitrogens is 3. The Balaban J connectivity index is 1.46. The first kappa shape index (κ1) is 15.0. The third-order valence-corrected chi connectivity index (χ3v) is 4.50. The lowest BCUT2D eigenvalue weighted by molar-refractivity contribution is 0.235. The summed E-state index contributed by atoms with van der Waals surface area (Å²) in [4.78, 5) is 20.6. The Labute approximate surface area is 132 Å². The van der Waals surface area contributed by atoms with E-state index < -0.39 is 0 Å². The van der Waals surface area contributed by atoms with E-state index >= 15 is 0 Å². The van der Waals surface area contributed by atoms with Gasteiger partial charge in [0.05, 0.1) is 23.3 Å². The molecular formula is C14H19N5O2S. The fourth-order valence-corrected chi connectivity index (χ4v) is 2.85. The molecule has 22 heavy (non-hydrogen) atoms. The Hall–Kier alpha value is -1.96. The monoisotopic (exact) mass is 321 g/mol. The van der Waals surface area contributed by atoms with Gasteiger partial charge in [-0.25, -0.2) is 9.78 Å². The van der Waals surface area contributed by atoms with Gasteiger partial charge in [-0.1, -0.05) is 12.1 Å². The maximum atomic E-state index is 11.9. The van der Waals surface area contributed by atoms with E-state index in [1.165, 1.54) is 0 Å². The summed E-state index contributed by atoms with van der Waals surface area (Å²) in [6.07, 6.45) is 3.15. The smallest absolute Gasteiger partial charge is 0.315 e. The largest absolute Gasteiger partial charge is 0.337 e. The zero-order valence-corrected chi connectivity index (χ0v) is 13.4. The third-order valence-electron chi connectivity index (χ3n) is 3.49. The zero-order valence-electron chi connectivity index (χ0n) is 12.6. The first-order chi connectivity index (χ1) is 10.7. The summed E-state index contributed by atoms with van der Waals surface area (Å²) in [6.45, 7) is 4.20. The molecule has 1 unspecified atom stereocenters. The van der Waals surface area contributed by atoms with Crippen LogP contribution in [-0.2, 0) is 13.0 Å². The number of amides is 2. The molecule has 0 saturated heterocycles. The predicted molar refractivity (Wildman–Crippen MR) is 81.6 cm³/mol. The molecular weight excluding hydrogens is 302 g/mol. The minimum absolute atomic E-state index is 0.138. The molecule has 0 spiro atoms. The van der Waals surface area contributed by atoms with E-state index in [0.29, 0.717) is 11.8 Å². The fraction of sp³-hybridized carbons (Fsp3) is 0.571. The van der Waals surface area contributed by atoms with Gasteiger partial charge >= 0.3 is 6.03 Å². The number of nitrogens with zero attached hydrogens (tertiary/aromatic N) is 3. The molecule has 1 atom stereocenters. The van der Waals surface area contributed by atoms with Gasteiger partial charge in [-0.2, -0.15) is 4.98 Å². The molecule has 7 nitrogen and oxygen atoms in total. The second kappa shape index (κ2) is 6.43. The number of urea groups is 1. The Morgan fingerprint density at radius 2 is 2.32 bits per heavy atom. The molecule has 0 aromatic carbocycles. The highest BCUT2D eigenvalue weighted by molar-refractivity contribution is 7.09. The van der Waals surface area contributed by atoms with Gasteiger partial charge in [0, 0.05) is 11.3 Å².